The number of hydrogen-bond acceptors (Lipinski definition) is 4. The first-order valence-electron chi connectivity index (χ1n) is 9.39. The van der Waals surface area contributed by atoms with Gasteiger partial charge >= 0.3 is 11.8 Å². The zero-order chi connectivity index (χ0) is 21.8. The number of nitrogens with one attached hydrogen (secondary N) is 1. The van der Waals surface area contributed by atoms with E-state index in [2.05, 4.69) is 31.5 Å². The molecule has 4 rings (SSSR count). The number of nitrogens with zero attached hydrogens (tertiary/aromatic N) is 3. The van der Waals surface area contributed by atoms with Gasteiger partial charge in [-0.25, -0.2) is 0 Å². The quantitative estimate of drug-likeness (QED) is 0.304. The van der Waals surface area contributed by atoms with Crippen molar-refractivity contribution in [2.75, 3.05) is 5.32 Å². The van der Waals surface area contributed by atoms with E-state index in [4.69, 9.17) is 0 Å². The highest BCUT2D eigenvalue weighted by Gasteiger charge is 2.18. The lowest BCUT2D eigenvalue weighted by Gasteiger charge is -2.06. The summed E-state index contributed by atoms with van der Waals surface area (Å²) in [5, 5.41) is 21.3. The fourth-order valence-corrected chi connectivity index (χ4v) is 3.42. The fraction of sp³-hybridized carbons (Fsp3) is 0.0435. The standard InChI is InChI=1S/C23H17BrN4O3/c24-16-10-12-17(13-11-16)25-21(29)22(30)27-26-20-18-8-4-5-9-19(18)28(23(20)31)14-15-6-2-1-3-7-15/h1-13,31H,14H2,(H,25,29). The Morgan fingerprint density at radius 2 is 1.61 bits per heavy atom. The molecule has 2 amide bonds. The molecule has 1 heterocycles. The summed E-state index contributed by atoms with van der Waals surface area (Å²) in [5.74, 6) is -2.12. The Bertz CT molecular complexity index is 1280. The van der Waals surface area contributed by atoms with Crippen molar-refractivity contribution in [3.05, 3.63) is 88.9 Å². The van der Waals surface area contributed by atoms with Crippen LogP contribution in [0.5, 0.6) is 5.88 Å². The highest BCUT2D eigenvalue weighted by molar-refractivity contribution is 9.10. The molecular formula is C23H17BrN4O3. The number of aromatic nitrogens is 1. The molecule has 0 unspecified atom stereocenters. The van der Waals surface area contributed by atoms with Crippen LogP contribution in [0, 0.1) is 0 Å². The Morgan fingerprint density at radius 3 is 2.35 bits per heavy atom. The van der Waals surface area contributed by atoms with E-state index >= 15 is 0 Å². The van der Waals surface area contributed by atoms with Crippen LogP contribution >= 0.6 is 15.9 Å². The molecular weight excluding hydrogens is 460 g/mol. The first-order chi connectivity index (χ1) is 15.0. The number of anilines is 1. The minimum absolute atomic E-state index is 0.130. The van der Waals surface area contributed by atoms with Crippen molar-refractivity contribution >= 4 is 50.0 Å². The van der Waals surface area contributed by atoms with Crippen molar-refractivity contribution in [1.29, 1.82) is 0 Å². The van der Waals surface area contributed by atoms with Crippen molar-refractivity contribution in [3.63, 3.8) is 0 Å². The van der Waals surface area contributed by atoms with Gasteiger partial charge in [0.05, 0.1) is 12.1 Å². The van der Waals surface area contributed by atoms with Gasteiger partial charge in [-0.2, -0.15) is 0 Å². The molecule has 0 spiro atoms. The molecule has 4 aromatic rings. The van der Waals surface area contributed by atoms with Gasteiger partial charge in [-0.15, -0.1) is 10.2 Å². The average molecular weight is 477 g/mol. The van der Waals surface area contributed by atoms with Crippen LogP contribution in [-0.2, 0) is 16.1 Å². The van der Waals surface area contributed by atoms with Gasteiger partial charge in [0, 0.05) is 15.5 Å². The predicted octanol–water partition coefficient (Wildman–Crippen LogP) is 5.41. The van der Waals surface area contributed by atoms with Crippen LogP contribution in [0.4, 0.5) is 11.4 Å². The van der Waals surface area contributed by atoms with E-state index in [1.165, 1.54) is 0 Å². The molecule has 0 fully saturated rings. The third-order valence-corrected chi connectivity index (χ3v) is 5.17. The number of carbonyl (C=O) groups excluding carboxylic acids is 2. The third-order valence-electron chi connectivity index (χ3n) is 4.64. The maximum absolute atomic E-state index is 12.2. The summed E-state index contributed by atoms with van der Waals surface area (Å²) in [5.41, 5.74) is 2.33. The van der Waals surface area contributed by atoms with Gasteiger partial charge in [-0.1, -0.05) is 64.5 Å². The summed E-state index contributed by atoms with van der Waals surface area (Å²) in [6, 6.07) is 23.7. The van der Waals surface area contributed by atoms with Crippen LogP contribution in [0.15, 0.2) is 93.6 Å². The molecule has 0 aliphatic rings. The lowest BCUT2D eigenvalue weighted by Crippen LogP contribution is -2.20. The van der Waals surface area contributed by atoms with Gasteiger partial charge in [-0.05, 0) is 35.9 Å². The predicted molar refractivity (Wildman–Crippen MR) is 121 cm³/mol. The molecule has 0 saturated carbocycles. The molecule has 0 atom stereocenters. The van der Waals surface area contributed by atoms with E-state index in [1.54, 1.807) is 41.0 Å². The smallest absolute Gasteiger partial charge is 0.353 e. The second-order valence-corrected chi connectivity index (χ2v) is 7.64. The highest BCUT2D eigenvalue weighted by Crippen LogP contribution is 2.39. The molecule has 0 aliphatic heterocycles. The maximum Gasteiger partial charge on any atom is 0.353 e. The zero-order valence-corrected chi connectivity index (χ0v) is 17.8. The van der Waals surface area contributed by atoms with E-state index in [0.29, 0.717) is 17.6 Å². The zero-order valence-electron chi connectivity index (χ0n) is 16.2. The monoisotopic (exact) mass is 476 g/mol. The minimum Gasteiger partial charge on any atom is -0.493 e. The van der Waals surface area contributed by atoms with Crippen molar-refractivity contribution in [2.24, 2.45) is 10.2 Å². The van der Waals surface area contributed by atoms with Crippen molar-refractivity contribution in [1.82, 2.24) is 4.57 Å². The van der Waals surface area contributed by atoms with Crippen LogP contribution in [0.3, 0.4) is 0 Å². The highest BCUT2D eigenvalue weighted by atomic mass is 79.9. The number of hydrogen-bond donors (Lipinski definition) is 2. The summed E-state index contributed by atoms with van der Waals surface area (Å²) in [7, 11) is 0. The molecule has 1 aromatic heterocycles. The number of amides is 2. The van der Waals surface area contributed by atoms with Crippen LogP contribution in [0.2, 0.25) is 0 Å². The summed E-state index contributed by atoms with van der Waals surface area (Å²) < 4.78 is 2.53. The first kappa shape index (κ1) is 20.5. The number of rotatable bonds is 4. The summed E-state index contributed by atoms with van der Waals surface area (Å²) >= 11 is 3.30. The molecule has 0 radical (unpaired) electrons. The molecule has 8 heteroatoms. The minimum atomic E-state index is -1.07. The normalized spacial score (nSPS) is 11.1. The second-order valence-electron chi connectivity index (χ2n) is 6.73. The molecule has 0 bridgehead atoms. The number of para-hydroxylation sites is 1. The number of aromatic hydroxyl groups is 1. The summed E-state index contributed by atoms with van der Waals surface area (Å²) in [6.45, 7) is 0.417. The second kappa shape index (κ2) is 8.93. The van der Waals surface area contributed by atoms with Crippen molar-refractivity contribution < 1.29 is 14.7 Å². The van der Waals surface area contributed by atoms with Crippen molar-refractivity contribution in [2.45, 2.75) is 6.54 Å². The topological polar surface area (TPSA) is 96.0 Å². The van der Waals surface area contributed by atoms with E-state index in [-0.39, 0.29) is 11.6 Å². The number of azo groups is 1. The SMILES string of the molecule is O=C(N=Nc1c(O)n(Cc2ccccc2)c2ccccc12)C(=O)Nc1ccc(Br)cc1. The van der Waals surface area contributed by atoms with Crippen LogP contribution in [0.25, 0.3) is 10.9 Å². The largest absolute Gasteiger partial charge is 0.493 e. The van der Waals surface area contributed by atoms with E-state index < -0.39 is 11.8 Å². The Morgan fingerprint density at radius 1 is 0.935 bits per heavy atom. The first-order valence-corrected chi connectivity index (χ1v) is 10.2. The molecule has 0 aliphatic carbocycles. The fourth-order valence-electron chi connectivity index (χ4n) is 3.15. The molecule has 3 aromatic carbocycles. The van der Waals surface area contributed by atoms with Gasteiger partial charge in [0.15, 0.2) is 5.69 Å². The Kier molecular flexibility index (Phi) is 5.90. The average Bonchev–Trinajstić information content (AvgIpc) is 3.05. The molecule has 154 valence electrons. The van der Waals surface area contributed by atoms with Crippen LogP contribution < -0.4 is 5.32 Å². The molecule has 2 N–H and O–H groups in total. The molecule has 0 saturated heterocycles. The Balaban J connectivity index is 1.59. The van der Waals surface area contributed by atoms with Gasteiger partial charge < -0.3 is 15.0 Å². The summed E-state index contributed by atoms with van der Waals surface area (Å²) in [6.07, 6.45) is 0. The van der Waals surface area contributed by atoms with E-state index in [1.807, 2.05) is 42.5 Å². The Hall–Kier alpha value is -3.78. The number of halogens is 1. The van der Waals surface area contributed by atoms with Crippen molar-refractivity contribution in [3.8, 4) is 5.88 Å². The Labute approximate surface area is 186 Å². The third kappa shape index (κ3) is 4.54. The van der Waals surface area contributed by atoms with Crippen LogP contribution in [0.1, 0.15) is 5.56 Å². The molecule has 31 heavy (non-hydrogen) atoms. The maximum atomic E-state index is 12.2. The number of benzene rings is 3. The molecule has 7 nitrogen and oxygen atoms in total. The van der Waals surface area contributed by atoms with Gasteiger partial charge in [0.2, 0.25) is 5.88 Å². The van der Waals surface area contributed by atoms with Crippen LogP contribution in [-0.4, -0.2) is 21.5 Å². The summed E-state index contributed by atoms with van der Waals surface area (Å²) in [4.78, 5) is 24.3. The van der Waals surface area contributed by atoms with Gasteiger partial charge in [0.25, 0.3) is 0 Å². The lowest BCUT2D eigenvalue weighted by molar-refractivity contribution is -0.134. The lowest BCUT2D eigenvalue weighted by atomic mass is 10.2. The van der Waals surface area contributed by atoms with E-state index in [0.717, 1.165) is 15.6 Å². The van der Waals surface area contributed by atoms with Gasteiger partial charge in [-0.3, -0.25) is 9.59 Å². The number of fused-ring (bicyclic) bond motifs is 1. The number of carbonyl (C=O) groups is 2. The van der Waals surface area contributed by atoms with Gasteiger partial charge in [0.1, 0.15) is 0 Å². The van der Waals surface area contributed by atoms with E-state index in [9.17, 15) is 14.7 Å².